The Morgan fingerprint density at radius 3 is 2.62 bits per heavy atom. The molecule has 0 bridgehead atoms. The minimum atomic E-state index is -0.330. The van der Waals surface area contributed by atoms with Gasteiger partial charge in [-0.2, -0.15) is 0 Å². The number of rotatable bonds is 5. The van der Waals surface area contributed by atoms with Crippen molar-refractivity contribution in [3.63, 3.8) is 0 Å². The fraction of sp³-hybridized carbons (Fsp3) is 0.333. The Balaban J connectivity index is 1.70. The number of hydrogen-bond acceptors (Lipinski definition) is 3. The van der Waals surface area contributed by atoms with Crippen LogP contribution in [-0.4, -0.2) is 36.5 Å². The summed E-state index contributed by atoms with van der Waals surface area (Å²) in [7, 11) is 1.80. The van der Waals surface area contributed by atoms with E-state index in [1.54, 1.807) is 24.1 Å². The van der Waals surface area contributed by atoms with Gasteiger partial charge in [0.15, 0.2) is 0 Å². The summed E-state index contributed by atoms with van der Waals surface area (Å²) in [6, 6.07) is 16.6. The normalized spacial score (nSPS) is 17.5. The van der Waals surface area contributed by atoms with Crippen LogP contribution >= 0.6 is 0 Å². The van der Waals surface area contributed by atoms with Crippen molar-refractivity contribution in [2.75, 3.05) is 19.0 Å². The molecule has 3 rings (SSSR count). The van der Waals surface area contributed by atoms with Crippen LogP contribution in [0.4, 0.5) is 5.69 Å². The van der Waals surface area contributed by atoms with E-state index < -0.39 is 0 Å². The number of nitrogens with zero attached hydrogens (tertiary/aromatic N) is 1. The third kappa shape index (κ3) is 4.11. The molecule has 2 amide bonds. The first-order valence-electron chi connectivity index (χ1n) is 8.91. The highest BCUT2D eigenvalue weighted by Crippen LogP contribution is 2.25. The molecule has 5 nitrogen and oxygen atoms in total. The lowest BCUT2D eigenvalue weighted by Gasteiger charge is -2.28. The van der Waals surface area contributed by atoms with E-state index in [0.717, 1.165) is 18.4 Å². The number of anilines is 1. The number of likely N-dealkylation sites (N-methyl/N-ethyl adjacent to an activating group) is 1. The van der Waals surface area contributed by atoms with Gasteiger partial charge in [-0.3, -0.25) is 9.59 Å². The zero-order valence-electron chi connectivity index (χ0n) is 15.1. The highest BCUT2D eigenvalue weighted by molar-refractivity contribution is 6.04. The average molecular weight is 352 g/mol. The molecular weight excluding hydrogens is 328 g/mol. The topological polar surface area (TPSA) is 58.6 Å². The summed E-state index contributed by atoms with van der Waals surface area (Å²) >= 11 is 0. The van der Waals surface area contributed by atoms with Gasteiger partial charge in [0.1, 0.15) is 6.10 Å². The second-order valence-electron chi connectivity index (χ2n) is 6.57. The van der Waals surface area contributed by atoms with Gasteiger partial charge in [-0.05, 0) is 49.6 Å². The molecule has 2 aromatic rings. The Bertz CT molecular complexity index is 770. The first-order chi connectivity index (χ1) is 12.6. The van der Waals surface area contributed by atoms with Crippen LogP contribution in [0.25, 0.3) is 0 Å². The van der Waals surface area contributed by atoms with Gasteiger partial charge < -0.3 is 15.0 Å². The minimum Gasteiger partial charge on any atom is -0.368 e. The molecule has 1 N–H and O–H groups in total. The summed E-state index contributed by atoms with van der Waals surface area (Å²) in [4.78, 5) is 26.6. The molecule has 2 aromatic carbocycles. The summed E-state index contributed by atoms with van der Waals surface area (Å²) in [5.41, 5.74) is 2.28. The molecule has 26 heavy (non-hydrogen) atoms. The van der Waals surface area contributed by atoms with Gasteiger partial charge in [0.25, 0.3) is 11.8 Å². The number of hydrogen-bond donors (Lipinski definition) is 1. The van der Waals surface area contributed by atoms with Crippen molar-refractivity contribution in [3.8, 4) is 0 Å². The van der Waals surface area contributed by atoms with E-state index in [1.165, 1.54) is 0 Å². The quantitative estimate of drug-likeness (QED) is 0.894. The molecule has 0 aliphatic carbocycles. The molecular formula is C21H24N2O3. The first kappa shape index (κ1) is 18.1. The van der Waals surface area contributed by atoms with Gasteiger partial charge in [-0.15, -0.1) is 0 Å². The van der Waals surface area contributed by atoms with Crippen molar-refractivity contribution < 1.29 is 14.3 Å². The molecule has 0 saturated carbocycles. The Hall–Kier alpha value is -2.66. The van der Waals surface area contributed by atoms with Crippen molar-refractivity contribution in [2.45, 2.75) is 31.9 Å². The van der Waals surface area contributed by atoms with Crippen LogP contribution in [0.3, 0.4) is 0 Å². The second-order valence-corrected chi connectivity index (χ2v) is 6.57. The molecule has 0 radical (unpaired) electrons. The zero-order valence-corrected chi connectivity index (χ0v) is 15.1. The van der Waals surface area contributed by atoms with E-state index >= 15 is 0 Å². The fourth-order valence-corrected chi connectivity index (χ4v) is 3.08. The first-order valence-corrected chi connectivity index (χ1v) is 8.91. The van der Waals surface area contributed by atoms with Gasteiger partial charge >= 0.3 is 0 Å². The highest BCUT2D eigenvalue weighted by atomic mass is 16.5. The molecule has 0 spiro atoms. The van der Waals surface area contributed by atoms with Gasteiger partial charge in [-0.25, -0.2) is 0 Å². The predicted octanol–water partition coefficient (Wildman–Crippen LogP) is 3.64. The number of ether oxygens (including phenoxy) is 1. The average Bonchev–Trinajstić information content (AvgIpc) is 3.22. The van der Waals surface area contributed by atoms with E-state index in [1.807, 2.05) is 49.4 Å². The fourth-order valence-electron chi connectivity index (χ4n) is 3.08. The smallest absolute Gasteiger partial charge is 0.255 e. The van der Waals surface area contributed by atoms with E-state index in [-0.39, 0.29) is 24.0 Å². The van der Waals surface area contributed by atoms with Crippen molar-refractivity contribution in [1.82, 2.24) is 4.90 Å². The summed E-state index contributed by atoms with van der Waals surface area (Å²) in [5.74, 6) is -0.145. The number of carbonyl (C=O) groups excluding carboxylic acids is 2. The Morgan fingerprint density at radius 2 is 1.92 bits per heavy atom. The number of amides is 2. The number of benzene rings is 2. The molecule has 136 valence electrons. The Kier molecular flexibility index (Phi) is 5.68. The van der Waals surface area contributed by atoms with E-state index in [2.05, 4.69) is 5.32 Å². The SMILES string of the molecule is C[C@@H](c1cccc(NC(=O)c2ccccc2)c1)N(C)C(=O)[C@@H]1CCCO1. The molecule has 0 unspecified atom stereocenters. The van der Waals surface area contributed by atoms with Crippen LogP contribution in [0.1, 0.15) is 41.7 Å². The molecule has 1 aliphatic heterocycles. The van der Waals surface area contributed by atoms with Crippen molar-refractivity contribution in [1.29, 1.82) is 0 Å². The Morgan fingerprint density at radius 1 is 1.15 bits per heavy atom. The zero-order chi connectivity index (χ0) is 18.5. The van der Waals surface area contributed by atoms with Crippen LogP contribution in [-0.2, 0) is 9.53 Å². The molecule has 2 atom stereocenters. The van der Waals surface area contributed by atoms with Crippen molar-refractivity contribution in [2.24, 2.45) is 0 Å². The van der Waals surface area contributed by atoms with E-state index in [9.17, 15) is 9.59 Å². The Labute approximate surface area is 154 Å². The molecule has 1 aliphatic rings. The third-order valence-corrected chi connectivity index (χ3v) is 4.80. The minimum absolute atomic E-state index is 0.00808. The monoisotopic (exact) mass is 352 g/mol. The van der Waals surface area contributed by atoms with Crippen LogP contribution in [0, 0.1) is 0 Å². The summed E-state index contributed by atoms with van der Waals surface area (Å²) < 4.78 is 5.50. The van der Waals surface area contributed by atoms with E-state index in [0.29, 0.717) is 17.9 Å². The standard InChI is InChI=1S/C21H24N2O3/c1-15(23(2)21(25)19-12-7-13-26-19)17-10-6-11-18(14-17)22-20(24)16-8-4-3-5-9-16/h3-6,8-11,14-15,19H,7,12-13H2,1-2H3,(H,22,24)/t15-,19-/m0/s1. The van der Waals surface area contributed by atoms with Crippen LogP contribution in [0.2, 0.25) is 0 Å². The van der Waals surface area contributed by atoms with Crippen LogP contribution < -0.4 is 5.32 Å². The lowest BCUT2D eigenvalue weighted by molar-refractivity contribution is -0.141. The van der Waals surface area contributed by atoms with Gasteiger partial charge in [0.2, 0.25) is 0 Å². The van der Waals surface area contributed by atoms with Crippen molar-refractivity contribution in [3.05, 3.63) is 65.7 Å². The summed E-state index contributed by atoms with van der Waals surface area (Å²) in [6.45, 7) is 2.63. The maximum Gasteiger partial charge on any atom is 0.255 e. The predicted molar refractivity (Wildman–Crippen MR) is 101 cm³/mol. The number of nitrogens with one attached hydrogen (secondary N) is 1. The highest BCUT2D eigenvalue weighted by Gasteiger charge is 2.29. The summed E-state index contributed by atoms with van der Waals surface area (Å²) in [6.07, 6.45) is 1.38. The molecule has 5 heteroatoms. The molecule has 1 fully saturated rings. The lowest BCUT2D eigenvalue weighted by Crippen LogP contribution is -2.37. The second kappa shape index (κ2) is 8.15. The largest absolute Gasteiger partial charge is 0.368 e. The van der Waals surface area contributed by atoms with Crippen molar-refractivity contribution >= 4 is 17.5 Å². The van der Waals surface area contributed by atoms with Gasteiger partial charge in [0.05, 0.1) is 6.04 Å². The van der Waals surface area contributed by atoms with Gasteiger partial charge in [-0.1, -0.05) is 30.3 Å². The van der Waals surface area contributed by atoms with E-state index in [4.69, 9.17) is 4.74 Å². The molecule has 1 saturated heterocycles. The number of carbonyl (C=O) groups is 2. The molecule has 0 aromatic heterocycles. The summed E-state index contributed by atoms with van der Waals surface area (Å²) in [5, 5.41) is 2.91. The molecule has 1 heterocycles. The van der Waals surface area contributed by atoms with Gasteiger partial charge in [0, 0.05) is 24.9 Å². The lowest BCUT2D eigenvalue weighted by atomic mass is 10.1. The third-order valence-electron chi connectivity index (χ3n) is 4.80. The van der Waals surface area contributed by atoms with Crippen LogP contribution in [0.15, 0.2) is 54.6 Å². The maximum atomic E-state index is 12.5. The van der Waals surface area contributed by atoms with Crippen LogP contribution in [0.5, 0.6) is 0 Å². The maximum absolute atomic E-state index is 12.5.